The highest BCUT2D eigenvalue weighted by atomic mass is 16.3. The number of guanidine groups is 1. The lowest BCUT2D eigenvalue weighted by molar-refractivity contribution is -0.135. The molecule has 7 nitrogen and oxygen atoms in total. The van der Waals surface area contributed by atoms with Gasteiger partial charge in [0.15, 0.2) is 5.96 Å². The Morgan fingerprint density at radius 3 is 2.16 bits per heavy atom. The number of carbonyl (C=O) groups excluding carboxylic acids is 1. The maximum atomic E-state index is 12.8. The van der Waals surface area contributed by atoms with E-state index in [0.29, 0.717) is 18.4 Å². The van der Waals surface area contributed by atoms with Crippen LogP contribution in [0.15, 0.2) is 4.99 Å². The summed E-state index contributed by atoms with van der Waals surface area (Å²) in [6.45, 7) is 18.7. The van der Waals surface area contributed by atoms with Gasteiger partial charge in [-0.2, -0.15) is 0 Å². The standard InChI is InChI=1S/C24H47N5O2/c1-6-24(7-2,9-14-30)19-26-23(25-8-3)28-12-10-27(11-13-28)18-22(31)29-16-20(4)15-21(5)17-29/h20-21,30H,6-19H2,1-5H3,(H,25,26). The van der Waals surface area contributed by atoms with Crippen LogP contribution in [-0.2, 0) is 4.79 Å². The van der Waals surface area contributed by atoms with Gasteiger partial charge in [-0.3, -0.25) is 14.7 Å². The number of rotatable bonds is 9. The van der Waals surface area contributed by atoms with Gasteiger partial charge in [-0.15, -0.1) is 0 Å². The molecule has 0 aromatic rings. The van der Waals surface area contributed by atoms with Crippen molar-refractivity contribution in [3.05, 3.63) is 0 Å². The zero-order valence-electron chi connectivity index (χ0n) is 20.7. The first kappa shape index (κ1) is 25.9. The van der Waals surface area contributed by atoms with Crippen molar-refractivity contribution in [2.75, 3.05) is 65.5 Å². The lowest BCUT2D eigenvalue weighted by Crippen LogP contribution is -2.55. The lowest BCUT2D eigenvalue weighted by atomic mass is 9.79. The van der Waals surface area contributed by atoms with E-state index in [1.54, 1.807) is 0 Å². The first-order valence-corrected chi connectivity index (χ1v) is 12.5. The topological polar surface area (TPSA) is 71.4 Å². The van der Waals surface area contributed by atoms with Gasteiger partial charge in [0.25, 0.3) is 0 Å². The Labute approximate surface area is 190 Å². The molecule has 7 heteroatoms. The summed E-state index contributed by atoms with van der Waals surface area (Å²) in [5.41, 5.74) is 0.0758. The van der Waals surface area contributed by atoms with Gasteiger partial charge in [-0.05, 0) is 49.9 Å². The van der Waals surface area contributed by atoms with Gasteiger partial charge in [0, 0.05) is 59.0 Å². The minimum Gasteiger partial charge on any atom is -0.396 e. The molecule has 2 saturated heterocycles. The third kappa shape index (κ3) is 7.63. The van der Waals surface area contributed by atoms with Gasteiger partial charge in [0.1, 0.15) is 0 Å². The number of nitrogens with zero attached hydrogens (tertiary/aromatic N) is 4. The largest absolute Gasteiger partial charge is 0.396 e. The summed E-state index contributed by atoms with van der Waals surface area (Å²) in [4.78, 5) is 24.5. The Morgan fingerprint density at radius 2 is 1.65 bits per heavy atom. The van der Waals surface area contributed by atoms with Crippen LogP contribution in [0.1, 0.15) is 60.3 Å². The summed E-state index contributed by atoms with van der Waals surface area (Å²) in [7, 11) is 0. The smallest absolute Gasteiger partial charge is 0.236 e. The lowest BCUT2D eigenvalue weighted by Gasteiger charge is -2.39. The Hall–Kier alpha value is -1.34. The third-order valence-electron chi connectivity index (χ3n) is 7.29. The average Bonchev–Trinajstić information content (AvgIpc) is 2.75. The molecule has 0 aliphatic carbocycles. The molecule has 0 spiro atoms. The van der Waals surface area contributed by atoms with Crippen LogP contribution in [0.25, 0.3) is 0 Å². The summed E-state index contributed by atoms with van der Waals surface area (Å²) < 4.78 is 0. The molecule has 31 heavy (non-hydrogen) atoms. The van der Waals surface area contributed by atoms with Gasteiger partial charge < -0.3 is 20.2 Å². The summed E-state index contributed by atoms with van der Waals surface area (Å²) >= 11 is 0. The number of aliphatic imine (C=N–C) groups is 1. The van der Waals surface area contributed by atoms with E-state index in [1.165, 1.54) is 6.42 Å². The highest BCUT2D eigenvalue weighted by Gasteiger charge is 2.29. The maximum Gasteiger partial charge on any atom is 0.236 e. The predicted molar refractivity (Wildman–Crippen MR) is 128 cm³/mol. The number of aliphatic hydroxyl groups excluding tert-OH is 1. The SMILES string of the molecule is CCNC(=NCC(CC)(CC)CCO)N1CCN(CC(=O)N2CC(C)CC(C)C2)CC1. The molecular formula is C24H47N5O2. The number of carbonyl (C=O) groups is 1. The second kappa shape index (κ2) is 12.6. The molecule has 0 saturated carbocycles. The normalized spacial score (nSPS) is 23.9. The molecule has 180 valence electrons. The van der Waals surface area contributed by atoms with Gasteiger partial charge in [0.05, 0.1) is 6.54 Å². The fourth-order valence-electron chi connectivity index (χ4n) is 5.09. The van der Waals surface area contributed by atoms with Crippen LogP contribution in [0, 0.1) is 17.3 Å². The van der Waals surface area contributed by atoms with E-state index in [0.717, 1.165) is 77.6 Å². The summed E-state index contributed by atoms with van der Waals surface area (Å²) in [5.74, 6) is 2.46. The van der Waals surface area contributed by atoms with Crippen LogP contribution in [0.2, 0.25) is 0 Å². The minimum absolute atomic E-state index is 0.0758. The van der Waals surface area contributed by atoms with E-state index < -0.39 is 0 Å². The maximum absolute atomic E-state index is 12.8. The van der Waals surface area contributed by atoms with Crippen LogP contribution in [0.5, 0.6) is 0 Å². The van der Waals surface area contributed by atoms with E-state index in [4.69, 9.17) is 4.99 Å². The zero-order chi connectivity index (χ0) is 22.9. The molecule has 2 aliphatic heterocycles. The average molecular weight is 438 g/mol. The van der Waals surface area contributed by atoms with Crippen molar-refractivity contribution < 1.29 is 9.90 Å². The third-order valence-corrected chi connectivity index (χ3v) is 7.29. The number of piperazine rings is 1. The predicted octanol–water partition coefficient (Wildman–Crippen LogP) is 2.26. The van der Waals surface area contributed by atoms with Crippen molar-refractivity contribution in [2.45, 2.75) is 60.3 Å². The molecule has 2 atom stereocenters. The molecule has 2 unspecified atom stereocenters. The molecular weight excluding hydrogens is 390 g/mol. The van der Waals surface area contributed by atoms with Gasteiger partial charge >= 0.3 is 0 Å². The highest BCUT2D eigenvalue weighted by Crippen LogP contribution is 2.30. The Balaban J connectivity index is 1.90. The molecule has 1 amide bonds. The van der Waals surface area contributed by atoms with Crippen molar-refractivity contribution in [1.82, 2.24) is 20.0 Å². The van der Waals surface area contributed by atoms with Crippen LogP contribution >= 0.6 is 0 Å². The van der Waals surface area contributed by atoms with Crippen LogP contribution in [-0.4, -0.2) is 97.2 Å². The first-order chi connectivity index (χ1) is 14.9. The Kier molecular flexibility index (Phi) is 10.6. The second-order valence-electron chi connectivity index (χ2n) is 9.86. The van der Waals surface area contributed by atoms with Crippen LogP contribution in [0.4, 0.5) is 0 Å². The number of amides is 1. The molecule has 2 heterocycles. The molecule has 2 aliphatic rings. The Bertz CT molecular complexity index is 560. The van der Waals surface area contributed by atoms with E-state index >= 15 is 0 Å². The van der Waals surface area contributed by atoms with Crippen molar-refractivity contribution in [3.63, 3.8) is 0 Å². The number of hydrogen-bond donors (Lipinski definition) is 2. The van der Waals surface area contributed by atoms with Gasteiger partial charge in [-0.25, -0.2) is 0 Å². The molecule has 2 fully saturated rings. The second-order valence-corrected chi connectivity index (χ2v) is 9.86. The fourth-order valence-corrected chi connectivity index (χ4v) is 5.09. The van der Waals surface area contributed by atoms with E-state index in [-0.39, 0.29) is 17.9 Å². The van der Waals surface area contributed by atoms with Crippen molar-refractivity contribution >= 4 is 11.9 Å². The number of hydrogen-bond acceptors (Lipinski definition) is 4. The summed E-state index contributed by atoms with van der Waals surface area (Å²) in [6.07, 6.45) is 4.07. The van der Waals surface area contributed by atoms with E-state index in [9.17, 15) is 9.90 Å². The summed E-state index contributed by atoms with van der Waals surface area (Å²) in [5, 5.41) is 12.9. The minimum atomic E-state index is 0.0758. The number of aliphatic hydroxyl groups is 1. The van der Waals surface area contributed by atoms with E-state index in [1.807, 2.05) is 0 Å². The van der Waals surface area contributed by atoms with E-state index in [2.05, 4.69) is 54.6 Å². The molecule has 0 aromatic heterocycles. The number of nitrogens with one attached hydrogen (secondary N) is 1. The monoisotopic (exact) mass is 437 g/mol. The Morgan fingerprint density at radius 1 is 1.03 bits per heavy atom. The first-order valence-electron chi connectivity index (χ1n) is 12.5. The zero-order valence-corrected chi connectivity index (χ0v) is 20.7. The summed E-state index contributed by atoms with van der Waals surface area (Å²) in [6, 6.07) is 0. The van der Waals surface area contributed by atoms with Crippen molar-refractivity contribution in [1.29, 1.82) is 0 Å². The number of likely N-dealkylation sites (tertiary alicyclic amines) is 1. The van der Waals surface area contributed by atoms with Crippen LogP contribution < -0.4 is 5.32 Å². The van der Waals surface area contributed by atoms with Crippen molar-refractivity contribution in [2.24, 2.45) is 22.2 Å². The number of piperidine rings is 1. The fraction of sp³-hybridized carbons (Fsp3) is 0.917. The molecule has 2 rings (SSSR count). The quantitative estimate of drug-likeness (QED) is 0.428. The highest BCUT2D eigenvalue weighted by molar-refractivity contribution is 5.80. The van der Waals surface area contributed by atoms with Gasteiger partial charge in [-0.1, -0.05) is 27.7 Å². The van der Waals surface area contributed by atoms with Crippen molar-refractivity contribution in [3.8, 4) is 0 Å². The van der Waals surface area contributed by atoms with Crippen LogP contribution in [0.3, 0.4) is 0 Å². The molecule has 0 bridgehead atoms. The molecule has 0 radical (unpaired) electrons. The molecule has 2 N–H and O–H groups in total. The van der Waals surface area contributed by atoms with Gasteiger partial charge in [0.2, 0.25) is 5.91 Å². The molecule has 0 aromatic carbocycles.